The topological polar surface area (TPSA) is 40.5 Å². The van der Waals surface area contributed by atoms with Crippen molar-refractivity contribution in [2.24, 2.45) is 0 Å². The summed E-state index contributed by atoms with van der Waals surface area (Å²) in [6.07, 6.45) is 2.36. The summed E-state index contributed by atoms with van der Waals surface area (Å²) >= 11 is 0. The second-order valence-corrected chi connectivity index (χ2v) is 3.62. The smallest absolute Gasteiger partial charge is 0.121 e. The summed E-state index contributed by atoms with van der Waals surface area (Å²) in [6, 6.07) is 5.36. The Balaban J connectivity index is 3.18. The average Bonchev–Trinajstić information content (AvgIpc) is 2.21. The normalized spacial score (nSPS) is 14.0. The molecule has 1 rings (SSSR count). The van der Waals surface area contributed by atoms with E-state index >= 15 is 0 Å². The van der Waals surface area contributed by atoms with Crippen LogP contribution in [0.2, 0.25) is 0 Å². The van der Waals surface area contributed by atoms with Gasteiger partial charge in [0.2, 0.25) is 0 Å². The maximum atomic E-state index is 9.55. The lowest BCUT2D eigenvalue weighted by Gasteiger charge is -2.11. The molecule has 1 atom stereocenters. The van der Waals surface area contributed by atoms with E-state index < -0.39 is 6.10 Å². The first-order valence-corrected chi connectivity index (χ1v) is 5.26. The third kappa shape index (κ3) is 2.60. The van der Waals surface area contributed by atoms with Crippen LogP contribution in [-0.2, 0) is 0 Å². The molecular formula is C13H18O2. The SMILES string of the molecule is CC=C(CC)c1ccc(O)c(C(C)O)c1. The fourth-order valence-electron chi connectivity index (χ4n) is 1.66. The van der Waals surface area contributed by atoms with Gasteiger partial charge in [0, 0.05) is 5.56 Å². The van der Waals surface area contributed by atoms with Gasteiger partial charge in [0.15, 0.2) is 0 Å². The molecule has 15 heavy (non-hydrogen) atoms. The molecule has 0 saturated heterocycles. The number of aliphatic hydroxyl groups excluding tert-OH is 1. The first-order valence-electron chi connectivity index (χ1n) is 5.26. The third-order valence-electron chi connectivity index (χ3n) is 2.58. The summed E-state index contributed by atoms with van der Waals surface area (Å²) in [6.45, 7) is 5.73. The van der Waals surface area contributed by atoms with Crippen LogP contribution in [0.25, 0.3) is 5.57 Å². The fraction of sp³-hybridized carbons (Fsp3) is 0.385. The molecule has 1 unspecified atom stereocenters. The highest BCUT2D eigenvalue weighted by Gasteiger charge is 2.09. The van der Waals surface area contributed by atoms with Crippen molar-refractivity contribution in [2.75, 3.05) is 0 Å². The first kappa shape index (κ1) is 11.8. The van der Waals surface area contributed by atoms with Gasteiger partial charge < -0.3 is 10.2 Å². The lowest BCUT2D eigenvalue weighted by molar-refractivity contribution is 0.195. The maximum Gasteiger partial charge on any atom is 0.121 e. The number of phenols is 1. The molecule has 0 saturated carbocycles. The molecule has 0 bridgehead atoms. The summed E-state index contributed by atoms with van der Waals surface area (Å²) < 4.78 is 0. The molecule has 0 aliphatic rings. The molecule has 0 radical (unpaired) electrons. The fourth-order valence-corrected chi connectivity index (χ4v) is 1.66. The molecule has 2 nitrogen and oxygen atoms in total. The molecule has 2 N–H and O–H groups in total. The number of benzene rings is 1. The minimum absolute atomic E-state index is 0.153. The zero-order valence-electron chi connectivity index (χ0n) is 9.49. The minimum atomic E-state index is -0.639. The molecule has 1 aromatic rings. The Morgan fingerprint density at radius 2 is 2.13 bits per heavy atom. The Morgan fingerprint density at radius 3 is 2.60 bits per heavy atom. The van der Waals surface area contributed by atoms with Crippen molar-refractivity contribution in [1.29, 1.82) is 0 Å². The standard InChI is InChI=1S/C13H18O2/c1-4-10(5-2)11-6-7-13(15)12(8-11)9(3)14/h4,6-9,14-15H,5H2,1-3H3. The quantitative estimate of drug-likeness (QED) is 0.797. The van der Waals surface area contributed by atoms with Gasteiger partial charge >= 0.3 is 0 Å². The number of phenolic OH excluding ortho intramolecular Hbond substituents is 1. The van der Waals surface area contributed by atoms with E-state index in [9.17, 15) is 10.2 Å². The van der Waals surface area contributed by atoms with Gasteiger partial charge in [-0.1, -0.05) is 19.1 Å². The van der Waals surface area contributed by atoms with Crippen molar-refractivity contribution in [1.82, 2.24) is 0 Å². The highest BCUT2D eigenvalue weighted by atomic mass is 16.3. The van der Waals surface area contributed by atoms with Crippen LogP contribution in [0.4, 0.5) is 0 Å². The summed E-state index contributed by atoms with van der Waals surface area (Å²) in [5.74, 6) is 0.153. The summed E-state index contributed by atoms with van der Waals surface area (Å²) in [7, 11) is 0. The van der Waals surface area contributed by atoms with Crippen LogP contribution in [0.1, 0.15) is 44.4 Å². The highest BCUT2D eigenvalue weighted by molar-refractivity contribution is 5.66. The van der Waals surface area contributed by atoms with Gasteiger partial charge in [-0.25, -0.2) is 0 Å². The minimum Gasteiger partial charge on any atom is -0.508 e. The number of allylic oxidation sites excluding steroid dienone is 2. The van der Waals surface area contributed by atoms with E-state index in [0.29, 0.717) is 5.56 Å². The van der Waals surface area contributed by atoms with Crippen LogP contribution in [0.5, 0.6) is 5.75 Å². The lowest BCUT2D eigenvalue weighted by atomic mass is 9.98. The molecule has 0 fully saturated rings. The van der Waals surface area contributed by atoms with Gasteiger partial charge in [0.1, 0.15) is 5.75 Å². The van der Waals surface area contributed by atoms with Crippen LogP contribution in [0.15, 0.2) is 24.3 Å². The van der Waals surface area contributed by atoms with Crippen LogP contribution < -0.4 is 0 Å². The molecule has 0 spiro atoms. The van der Waals surface area contributed by atoms with Crippen LogP contribution in [0.3, 0.4) is 0 Å². The summed E-state index contributed by atoms with van der Waals surface area (Å²) in [5, 5.41) is 19.0. The van der Waals surface area contributed by atoms with Gasteiger partial charge in [0.05, 0.1) is 6.10 Å². The van der Waals surface area contributed by atoms with Crippen molar-refractivity contribution in [3.8, 4) is 5.75 Å². The molecule has 0 aliphatic heterocycles. The Bertz CT molecular complexity index is 365. The Kier molecular flexibility index (Phi) is 3.92. The van der Waals surface area contributed by atoms with Crippen molar-refractivity contribution in [2.45, 2.75) is 33.3 Å². The Morgan fingerprint density at radius 1 is 1.47 bits per heavy atom. The van der Waals surface area contributed by atoms with E-state index in [-0.39, 0.29) is 5.75 Å². The van der Waals surface area contributed by atoms with Crippen LogP contribution in [-0.4, -0.2) is 10.2 Å². The van der Waals surface area contributed by atoms with Gasteiger partial charge in [-0.05, 0) is 43.5 Å². The second-order valence-electron chi connectivity index (χ2n) is 3.62. The zero-order chi connectivity index (χ0) is 11.4. The van der Waals surface area contributed by atoms with Crippen molar-refractivity contribution >= 4 is 5.57 Å². The molecule has 0 amide bonds. The number of rotatable bonds is 3. The molecular weight excluding hydrogens is 188 g/mol. The summed E-state index contributed by atoms with van der Waals surface area (Å²) in [5.41, 5.74) is 2.87. The predicted octanol–water partition coefficient (Wildman–Crippen LogP) is 3.26. The Labute approximate surface area is 90.9 Å². The van der Waals surface area contributed by atoms with Gasteiger partial charge in [-0.2, -0.15) is 0 Å². The van der Waals surface area contributed by atoms with Crippen molar-refractivity contribution in [3.63, 3.8) is 0 Å². The molecule has 82 valence electrons. The van der Waals surface area contributed by atoms with Crippen molar-refractivity contribution < 1.29 is 10.2 Å². The average molecular weight is 206 g/mol. The van der Waals surface area contributed by atoms with E-state index in [4.69, 9.17) is 0 Å². The molecule has 0 aromatic heterocycles. The number of hydrogen-bond donors (Lipinski definition) is 2. The van der Waals surface area contributed by atoms with E-state index in [1.54, 1.807) is 13.0 Å². The molecule has 1 aromatic carbocycles. The third-order valence-corrected chi connectivity index (χ3v) is 2.58. The van der Waals surface area contributed by atoms with E-state index in [1.165, 1.54) is 5.57 Å². The molecule has 0 aliphatic carbocycles. The Hall–Kier alpha value is -1.28. The van der Waals surface area contributed by atoms with Gasteiger partial charge in [0.25, 0.3) is 0 Å². The lowest BCUT2D eigenvalue weighted by Crippen LogP contribution is -1.94. The molecule has 0 heterocycles. The van der Waals surface area contributed by atoms with Gasteiger partial charge in [-0.3, -0.25) is 0 Å². The van der Waals surface area contributed by atoms with Crippen LogP contribution >= 0.6 is 0 Å². The van der Waals surface area contributed by atoms with Gasteiger partial charge in [-0.15, -0.1) is 0 Å². The summed E-state index contributed by atoms with van der Waals surface area (Å²) in [4.78, 5) is 0. The zero-order valence-corrected chi connectivity index (χ0v) is 9.49. The van der Waals surface area contributed by atoms with E-state index in [2.05, 4.69) is 13.0 Å². The van der Waals surface area contributed by atoms with Crippen LogP contribution in [0, 0.1) is 0 Å². The highest BCUT2D eigenvalue weighted by Crippen LogP contribution is 2.28. The number of aliphatic hydroxyl groups is 1. The molecule has 2 heteroatoms. The maximum absolute atomic E-state index is 9.55. The van der Waals surface area contributed by atoms with E-state index in [1.807, 2.05) is 19.1 Å². The predicted molar refractivity (Wildman–Crippen MR) is 62.7 cm³/mol. The first-order chi connectivity index (χ1) is 7.10. The second kappa shape index (κ2) is 4.99. The largest absolute Gasteiger partial charge is 0.508 e. The number of aromatic hydroxyl groups is 1. The van der Waals surface area contributed by atoms with Crippen molar-refractivity contribution in [3.05, 3.63) is 35.4 Å². The monoisotopic (exact) mass is 206 g/mol. The number of hydrogen-bond acceptors (Lipinski definition) is 2. The van der Waals surface area contributed by atoms with E-state index in [0.717, 1.165) is 12.0 Å².